The summed E-state index contributed by atoms with van der Waals surface area (Å²) in [6, 6.07) is 11.6. The summed E-state index contributed by atoms with van der Waals surface area (Å²) in [5.74, 6) is 1.12. The molecule has 0 saturated carbocycles. The lowest BCUT2D eigenvalue weighted by Gasteiger charge is -2.01. The molecular formula is C15H11N3O2S2. The predicted molar refractivity (Wildman–Crippen MR) is 85.9 cm³/mol. The Balaban J connectivity index is 1.55. The number of para-hydroxylation sites is 2. The van der Waals surface area contributed by atoms with Gasteiger partial charge in [-0.15, -0.1) is 21.5 Å². The van der Waals surface area contributed by atoms with Crippen molar-refractivity contribution in [2.45, 2.75) is 17.4 Å². The van der Waals surface area contributed by atoms with Gasteiger partial charge in [-0.3, -0.25) is 0 Å². The average Bonchev–Trinajstić information content (AvgIpc) is 3.26. The average molecular weight is 329 g/mol. The van der Waals surface area contributed by atoms with Crippen LogP contribution in [0.25, 0.3) is 21.9 Å². The SMILES string of the molecule is CC(Sc1nc2ccccc2o1)c1nnc(-c2cccs2)o1. The number of oxazole rings is 1. The van der Waals surface area contributed by atoms with Gasteiger partial charge in [-0.2, -0.15) is 0 Å². The molecule has 0 saturated heterocycles. The third kappa shape index (κ3) is 2.53. The first-order chi connectivity index (χ1) is 10.8. The van der Waals surface area contributed by atoms with E-state index in [4.69, 9.17) is 8.83 Å². The summed E-state index contributed by atoms with van der Waals surface area (Å²) in [6.45, 7) is 1.99. The zero-order valence-electron chi connectivity index (χ0n) is 11.6. The molecule has 5 nitrogen and oxygen atoms in total. The van der Waals surface area contributed by atoms with Gasteiger partial charge < -0.3 is 8.83 Å². The molecule has 0 fully saturated rings. The van der Waals surface area contributed by atoms with Crippen LogP contribution >= 0.6 is 23.1 Å². The van der Waals surface area contributed by atoms with Crippen LogP contribution in [-0.4, -0.2) is 15.2 Å². The van der Waals surface area contributed by atoms with Gasteiger partial charge in [0, 0.05) is 0 Å². The number of thiophene rings is 1. The van der Waals surface area contributed by atoms with Gasteiger partial charge in [0.05, 0.1) is 10.1 Å². The minimum absolute atomic E-state index is 0.0331. The van der Waals surface area contributed by atoms with E-state index in [0.717, 1.165) is 16.0 Å². The second-order valence-corrected chi connectivity index (χ2v) is 6.87. The molecule has 3 heterocycles. The molecule has 4 aromatic rings. The molecule has 7 heteroatoms. The number of aromatic nitrogens is 3. The molecule has 22 heavy (non-hydrogen) atoms. The van der Waals surface area contributed by atoms with Crippen molar-refractivity contribution in [3.8, 4) is 10.8 Å². The first-order valence-electron chi connectivity index (χ1n) is 6.69. The molecular weight excluding hydrogens is 318 g/mol. The Morgan fingerprint density at radius 2 is 2.00 bits per heavy atom. The fourth-order valence-electron chi connectivity index (χ4n) is 2.00. The second-order valence-electron chi connectivity index (χ2n) is 4.63. The van der Waals surface area contributed by atoms with E-state index in [1.165, 1.54) is 11.8 Å². The Bertz CT molecular complexity index is 865. The maximum atomic E-state index is 5.73. The molecule has 0 N–H and O–H groups in total. The Labute approximate surface area is 134 Å². The van der Waals surface area contributed by atoms with E-state index in [9.17, 15) is 0 Å². The van der Waals surface area contributed by atoms with Gasteiger partial charge in [0.1, 0.15) is 5.52 Å². The van der Waals surface area contributed by atoms with E-state index < -0.39 is 0 Å². The molecule has 4 rings (SSSR count). The van der Waals surface area contributed by atoms with E-state index in [2.05, 4.69) is 15.2 Å². The molecule has 0 aliphatic carbocycles. The van der Waals surface area contributed by atoms with Crippen molar-refractivity contribution < 1.29 is 8.83 Å². The molecule has 0 amide bonds. The highest BCUT2D eigenvalue weighted by molar-refractivity contribution is 7.99. The Morgan fingerprint density at radius 3 is 2.82 bits per heavy atom. The van der Waals surface area contributed by atoms with E-state index >= 15 is 0 Å². The minimum Gasteiger partial charge on any atom is -0.431 e. The van der Waals surface area contributed by atoms with Crippen LogP contribution in [0, 0.1) is 0 Å². The highest BCUT2D eigenvalue weighted by atomic mass is 32.2. The topological polar surface area (TPSA) is 65.0 Å². The van der Waals surface area contributed by atoms with E-state index in [0.29, 0.717) is 17.0 Å². The van der Waals surface area contributed by atoms with Crippen molar-refractivity contribution in [3.05, 3.63) is 47.7 Å². The zero-order valence-corrected chi connectivity index (χ0v) is 13.2. The number of fused-ring (bicyclic) bond motifs is 1. The van der Waals surface area contributed by atoms with E-state index in [-0.39, 0.29) is 5.25 Å². The van der Waals surface area contributed by atoms with Crippen molar-refractivity contribution in [3.63, 3.8) is 0 Å². The van der Waals surface area contributed by atoms with Gasteiger partial charge in [-0.1, -0.05) is 30.0 Å². The van der Waals surface area contributed by atoms with Gasteiger partial charge in [0.2, 0.25) is 5.89 Å². The molecule has 1 atom stereocenters. The number of hydrogen-bond donors (Lipinski definition) is 0. The molecule has 1 unspecified atom stereocenters. The monoisotopic (exact) mass is 329 g/mol. The predicted octanol–water partition coefficient (Wildman–Crippen LogP) is 4.79. The Morgan fingerprint density at radius 1 is 1.09 bits per heavy atom. The number of thioether (sulfide) groups is 1. The molecule has 1 aromatic carbocycles. The second kappa shape index (κ2) is 5.58. The summed E-state index contributed by atoms with van der Waals surface area (Å²) < 4.78 is 11.4. The summed E-state index contributed by atoms with van der Waals surface area (Å²) in [5, 5.41) is 10.8. The molecule has 110 valence electrons. The summed E-state index contributed by atoms with van der Waals surface area (Å²) in [7, 11) is 0. The maximum absolute atomic E-state index is 5.73. The third-order valence-corrected chi connectivity index (χ3v) is 4.86. The molecule has 0 radical (unpaired) electrons. The number of benzene rings is 1. The van der Waals surface area contributed by atoms with Crippen molar-refractivity contribution in [1.82, 2.24) is 15.2 Å². The third-order valence-electron chi connectivity index (χ3n) is 3.07. The highest BCUT2D eigenvalue weighted by Crippen LogP contribution is 2.36. The number of hydrogen-bond acceptors (Lipinski definition) is 7. The Hall–Kier alpha value is -2.12. The molecule has 0 aliphatic rings. The zero-order chi connectivity index (χ0) is 14.9. The van der Waals surface area contributed by atoms with Crippen molar-refractivity contribution in [1.29, 1.82) is 0 Å². The van der Waals surface area contributed by atoms with Gasteiger partial charge in [-0.05, 0) is 30.5 Å². The first-order valence-corrected chi connectivity index (χ1v) is 8.45. The maximum Gasteiger partial charge on any atom is 0.257 e. The van der Waals surface area contributed by atoms with Gasteiger partial charge in [0.15, 0.2) is 5.58 Å². The normalized spacial score (nSPS) is 12.8. The van der Waals surface area contributed by atoms with Crippen LogP contribution in [0.2, 0.25) is 0 Å². The van der Waals surface area contributed by atoms with Crippen LogP contribution in [0.3, 0.4) is 0 Å². The van der Waals surface area contributed by atoms with Crippen LogP contribution in [-0.2, 0) is 0 Å². The number of nitrogens with zero attached hydrogens (tertiary/aromatic N) is 3. The van der Waals surface area contributed by atoms with Crippen molar-refractivity contribution >= 4 is 34.2 Å². The van der Waals surface area contributed by atoms with E-state index in [1.807, 2.05) is 48.7 Å². The van der Waals surface area contributed by atoms with Gasteiger partial charge in [0.25, 0.3) is 11.1 Å². The lowest BCUT2D eigenvalue weighted by Crippen LogP contribution is -1.88. The van der Waals surface area contributed by atoms with Gasteiger partial charge >= 0.3 is 0 Å². The quantitative estimate of drug-likeness (QED) is 0.501. The lowest BCUT2D eigenvalue weighted by molar-refractivity contribution is 0.481. The van der Waals surface area contributed by atoms with Crippen molar-refractivity contribution in [2.24, 2.45) is 0 Å². The summed E-state index contributed by atoms with van der Waals surface area (Å²) in [4.78, 5) is 5.41. The number of rotatable bonds is 4. The van der Waals surface area contributed by atoms with Crippen LogP contribution in [0.1, 0.15) is 18.1 Å². The van der Waals surface area contributed by atoms with Crippen LogP contribution in [0.4, 0.5) is 0 Å². The van der Waals surface area contributed by atoms with Gasteiger partial charge in [-0.25, -0.2) is 4.98 Å². The van der Waals surface area contributed by atoms with Crippen LogP contribution in [0.15, 0.2) is 55.8 Å². The summed E-state index contributed by atoms with van der Waals surface area (Å²) >= 11 is 3.04. The summed E-state index contributed by atoms with van der Waals surface area (Å²) in [6.07, 6.45) is 0. The largest absolute Gasteiger partial charge is 0.431 e. The molecule has 0 bridgehead atoms. The lowest BCUT2D eigenvalue weighted by atomic mass is 10.3. The van der Waals surface area contributed by atoms with Crippen molar-refractivity contribution in [2.75, 3.05) is 0 Å². The smallest absolute Gasteiger partial charge is 0.257 e. The highest BCUT2D eigenvalue weighted by Gasteiger charge is 2.19. The minimum atomic E-state index is -0.0331. The van der Waals surface area contributed by atoms with Crippen LogP contribution < -0.4 is 0 Å². The van der Waals surface area contributed by atoms with E-state index in [1.54, 1.807) is 11.3 Å². The summed E-state index contributed by atoms with van der Waals surface area (Å²) in [5.41, 5.74) is 1.63. The first kappa shape index (κ1) is 13.5. The molecule has 0 spiro atoms. The molecule has 0 aliphatic heterocycles. The van der Waals surface area contributed by atoms with Crippen LogP contribution in [0.5, 0.6) is 0 Å². The fourth-order valence-corrected chi connectivity index (χ4v) is 3.43. The Kier molecular flexibility index (Phi) is 3.44. The standard InChI is InChI=1S/C15H11N3O2S2/c1-9(13-17-18-14(20-13)12-7-4-8-21-12)22-15-16-10-5-2-3-6-11(10)19-15/h2-9H,1H3. The fraction of sp³-hybridized carbons (Fsp3) is 0.133. The molecule has 3 aromatic heterocycles.